The van der Waals surface area contributed by atoms with Gasteiger partial charge in [-0.2, -0.15) is 0 Å². The quantitative estimate of drug-likeness (QED) is 0.712. The Labute approximate surface area is 103 Å². The Bertz CT molecular complexity index is 510. The van der Waals surface area contributed by atoms with Gasteiger partial charge in [0.05, 0.1) is 11.8 Å². The van der Waals surface area contributed by atoms with E-state index in [2.05, 4.69) is 10.1 Å². The molecule has 0 aliphatic carbocycles. The van der Waals surface area contributed by atoms with Gasteiger partial charge in [-0.3, -0.25) is 4.79 Å². The first-order valence-electron chi connectivity index (χ1n) is 5.41. The number of hydrogen-bond acceptors (Lipinski definition) is 5. The minimum Gasteiger partial charge on any atom is -0.480 e. The first-order valence-corrected chi connectivity index (χ1v) is 5.41. The molecule has 0 aromatic carbocycles. The topological polar surface area (TPSA) is 106 Å². The largest absolute Gasteiger partial charge is 0.480 e. The van der Waals surface area contributed by atoms with Crippen molar-refractivity contribution in [3.8, 4) is 11.5 Å². The second-order valence-electron chi connectivity index (χ2n) is 3.75. The van der Waals surface area contributed by atoms with Crippen molar-refractivity contribution in [3.63, 3.8) is 0 Å². The summed E-state index contributed by atoms with van der Waals surface area (Å²) >= 11 is 0. The average molecular weight is 249 g/mol. The summed E-state index contributed by atoms with van der Waals surface area (Å²) in [6.45, 7) is 0.444. The molecule has 0 radical (unpaired) electrons. The standard InChI is InChI=1S/C11H12N4O3/c12-9(11(16)17)2-5-15-4-1-8(7-14-15)10-13-3-6-18-10/h1,3-4,6-7,9H,2,5,12H2/p+1/t9-/m0/s1. The van der Waals surface area contributed by atoms with Crippen LogP contribution in [-0.4, -0.2) is 27.2 Å². The fraction of sp³-hybridized carbons (Fsp3) is 0.273. The normalized spacial score (nSPS) is 12.3. The van der Waals surface area contributed by atoms with Crippen LogP contribution in [0.25, 0.3) is 11.5 Å². The molecule has 0 aliphatic rings. The molecule has 2 rings (SSSR count). The van der Waals surface area contributed by atoms with E-state index in [0.29, 0.717) is 18.9 Å². The van der Waals surface area contributed by atoms with E-state index in [1.54, 1.807) is 29.3 Å². The van der Waals surface area contributed by atoms with Crippen LogP contribution < -0.4 is 10.4 Å². The lowest BCUT2D eigenvalue weighted by molar-refractivity contribution is -0.754. The van der Waals surface area contributed by atoms with Gasteiger partial charge >= 0.3 is 5.97 Å². The highest BCUT2D eigenvalue weighted by Gasteiger charge is 2.15. The van der Waals surface area contributed by atoms with E-state index in [4.69, 9.17) is 15.3 Å². The third-order valence-electron chi connectivity index (χ3n) is 2.44. The number of hydrogen-bond donors (Lipinski definition) is 2. The highest BCUT2D eigenvalue weighted by atomic mass is 16.4. The molecule has 18 heavy (non-hydrogen) atoms. The molecule has 1 atom stereocenters. The maximum Gasteiger partial charge on any atom is 0.320 e. The zero-order valence-corrected chi connectivity index (χ0v) is 9.56. The third kappa shape index (κ3) is 2.89. The second kappa shape index (κ2) is 5.37. The molecule has 0 aliphatic heterocycles. The maximum absolute atomic E-state index is 10.6. The zero-order valence-electron chi connectivity index (χ0n) is 9.56. The van der Waals surface area contributed by atoms with Crippen molar-refractivity contribution in [3.05, 3.63) is 30.9 Å². The molecule has 7 nitrogen and oxygen atoms in total. The van der Waals surface area contributed by atoms with Gasteiger partial charge in [0.25, 0.3) is 0 Å². The van der Waals surface area contributed by atoms with Gasteiger partial charge in [0.1, 0.15) is 18.5 Å². The number of aliphatic carboxylic acids is 1. The SMILES string of the molecule is N[C@@H](CC[n+]1ccc(-c2ncco2)cn1)C(=O)O. The first-order chi connectivity index (χ1) is 8.66. The number of aryl methyl sites for hydroxylation is 1. The minimum absolute atomic E-state index is 0.325. The molecule has 0 bridgehead atoms. The third-order valence-corrected chi connectivity index (χ3v) is 2.44. The molecule has 2 aromatic rings. The van der Waals surface area contributed by atoms with E-state index < -0.39 is 12.0 Å². The van der Waals surface area contributed by atoms with E-state index in [1.807, 2.05) is 0 Å². The number of carboxylic acid groups (broad SMARTS) is 1. The van der Waals surface area contributed by atoms with Crippen molar-refractivity contribution in [2.75, 3.05) is 0 Å². The van der Waals surface area contributed by atoms with E-state index in [-0.39, 0.29) is 0 Å². The average Bonchev–Trinajstić information content (AvgIpc) is 2.90. The molecule has 2 aromatic heterocycles. The highest BCUT2D eigenvalue weighted by Crippen LogP contribution is 2.13. The van der Waals surface area contributed by atoms with Crippen LogP contribution in [0.3, 0.4) is 0 Å². The van der Waals surface area contributed by atoms with Crippen molar-refractivity contribution in [1.29, 1.82) is 0 Å². The molecule has 0 fully saturated rings. The Morgan fingerprint density at radius 1 is 1.61 bits per heavy atom. The van der Waals surface area contributed by atoms with Crippen molar-refractivity contribution in [2.45, 2.75) is 19.0 Å². The molecule has 0 spiro atoms. The van der Waals surface area contributed by atoms with Gasteiger partial charge in [0.15, 0.2) is 12.7 Å². The molecule has 0 saturated carbocycles. The van der Waals surface area contributed by atoms with E-state index in [9.17, 15) is 4.79 Å². The van der Waals surface area contributed by atoms with Crippen LogP contribution in [0, 0.1) is 0 Å². The first kappa shape index (κ1) is 12.2. The van der Waals surface area contributed by atoms with Crippen molar-refractivity contribution >= 4 is 5.97 Å². The van der Waals surface area contributed by atoms with Gasteiger partial charge in [0, 0.05) is 12.5 Å². The van der Waals surface area contributed by atoms with Crippen molar-refractivity contribution in [2.24, 2.45) is 5.73 Å². The lowest BCUT2D eigenvalue weighted by atomic mass is 10.2. The van der Waals surface area contributed by atoms with Crippen LogP contribution >= 0.6 is 0 Å². The molecule has 94 valence electrons. The van der Waals surface area contributed by atoms with Crippen LogP contribution in [0.5, 0.6) is 0 Å². The Balaban J connectivity index is 1.98. The van der Waals surface area contributed by atoms with E-state index in [1.165, 1.54) is 6.26 Å². The number of oxazole rings is 1. The fourth-order valence-electron chi connectivity index (χ4n) is 1.40. The van der Waals surface area contributed by atoms with Crippen LogP contribution in [0.15, 0.2) is 35.3 Å². The lowest BCUT2D eigenvalue weighted by Gasteiger charge is -2.01. The van der Waals surface area contributed by atoms with Crippen molar-refractivity contribution in [1.82, 2.24) is 10.1 Å². The second-order valence-corrected chi connectivity index (χ2v) is 3.75. The molecule has 0 saturated heterocycles. The van der Waals surface area contributed by atoms with Crippen LogP contribution in [-0.2, 0) is 11.3 Å². The monoisotopic (exact) mass is 249 g/mol. The Hall–Kier alpha value is -2.28. The molecule has 0 amide bonds. The molecular weight excluding hydrogens is 236 g/mol. The summed E-state index contributed by atoms with van der Waals surface area (Å²) in [5.41, 5.74) is 6.17. The number of nitrogens with zero attached hydrogens (tertiary/aromatic N) is 3. The highest BCUT2D eigenvalue weighted by molar-refractivity contribution is 5.72. The van der Waals surface area contributed by atoms with Gasteiger partial charge in [0.2, 0.25) is 5.89 Å². The molecular formula is C11H13N4O3+. The molecule has 0 unspecified atom stereocenters. The maximum atomic E-state index is 10.6. The van der Waals surface area contributed by atoms with Gasteiger partial charge in [-0.1, -0.05) is 4.68 Å². The lowest BCUT2D eigenvalue weighted by Crippen LogP contribution is -2.42. The van der Waals surface area contributed by atoms with Gasteiger partial charge < -0.3 is 15.3 Å². The molecule has 2 heterocycles. The van der Waals surface area contributed by atoms with Gasteiger partial charge in [-0.25, -0.2) is 4.98 Å². The Kier molecular flexibility index (Phi) is 3.63. The summed E-state index contributed by atoms with van der Waals surface area (Å²) in [4.78, 5) is 14.6. The summed E-state index contributed by atoms with van der Waals surface area (Å²) in [6.07, 6.45) is 6.71. The smallest absolute Gasteiger partial charge is 0.320 e. The van der Waals surface area contributed by atoms with Crippen molar-refractivity contribution < 1.29 is 19.0 Å². The summed E-state index contributed by atoms with van der Waals surface area (Å²) < 4.78 is 6.75. The minimum atomic E-state index is -1.01. The predicted molar refractivity (Wildman–Crippen MR) is 60.2 cm³/mol. The van der Waals surface area contributed by atoms with E-state index in [0.717, 1.165) is 5.56 Å². The molecule has 3 N–H and O–H groups in total. The molecule has 7 heteroatoms. The number of aromatic nitrogens is 3. The Morgan fingerprint density at radius 3 is 3.00 bits per heavy atom. The number of rotatable bonds is 5. The summed E-state index contributed by atoms with van der Waals surface area (Å²) in [7, 11) is 0. The summed E-state index contributed by atoms with van der Waals surface area (Å²) in [6, 6.07) is 0.927. The fourth-order valence-corrected chi connectivity index (χ4v) is 1.40. The van der Waals surface area contributed by atoms with Crippen LogP contribution in [0.4, 0.5) is 0 Å². The predicted octanol–water partition coefficient (Wildman–Crippen LogP) is -0.174. The van der Waals surface area contributed by atoms with Crippen LogP contribution in [0.2, 0.25) is 0 Å². The zero-order chi connectivity index (χ0) is 13.0. The van der Waals surface area contributed by atoms with Gasteiger partial charge in [-0.15, -0.1) is 0 Å². The number of carboxylic acids is 1. The Morgan fingerprint density at radius 2 is 2.44 bits per heavy atom. The van der Waals surface area contributed by atoms with Crippen LogP contribution in [0.1, 0.15) is 6.42 Å². The van der Waals surface area contributed by atoms with E-state index >= 15 is 0 Å². The summed E-state index contributed by atoms with van der Waals surface area (Å²) in [5, 5.41) is 12.8. The number of carbonyl (C=O) groups is 1. The van der Waals surface area contributed by atoms with Gasteiger partial charge in [-0.05, 0) is 5.10 Å². The number of nitrogens with two attached hydrogens (primary N) is 1. The summed E-state index contributed by atoms with van der Waals surface area (Å²) in [5.74, 6) is -0.510.